The van der Waals surface area contributed by atoms with Crippen LogP contribution in [0.4, 0.5) is 8.78 Å². The summed E-state index contributed by atoms with van der Waals surface area (Å²) in [6.07, 6.45) is 1.54. The minimum absolute atomic E-state index is 0.00322. The van der Waals surface area contributed by atoms with Crippen LogP contribution in [0.25, 0.3) is 11.1 Å². The van der Waals surface area contributed by atoms with Crippen LogP contribution in [0.3, 0.4) is 0 Å². The number of hydrogen-bond donors (Lipinski definition) is 3. The summed E-state index contributed by atoms with van der Waals surface area (Å²) in [5.74, 6) is -3.90. The highest BCUT2D eigenvalue weighted by Crippen LogP contribution is 2.33. The van der Waals surface area contributed by atoms with Gasteiger partial charge in [0.05, 0.1) is 6.42 Å². The first kappa shape index (κ1) is 25.7. The van der Waals surface area contributed by atoms with Gasteiger partial charge in [-0.3, -0.25) is 14.4 Å². The number of ether oxygens (including phenoxy) is 1. The predicted molar refractivity (Wildman–Crippen MR) is 127 cm³/mol. The summed E-state index contributed by atoms with van der Waals surface area (Å²) in [5, 5.41) is 11.1. The van der Waals surface area contributed by atoms with Crippen molar-refractivity contribution in [2.45, 2.75) is 17.9 Å². The zero-order chi connectivity index (χ0) is 25.5. The highest BCUT2D eigenvalue weighted by molar-refractivity contribution is 7.98. The second-order valence-electron chi connectivity index (χ2n) is 7.44. The number of nitrogens with two attached hydrogens (primary N) is 1. The number of carboxylic acid groups (broad SMARTS) is 1. The zero-order valence-electron chi connectivity index (χ0n) is 18.6. The molecule has 35 heavy (non-hydrogen) atoms. The molecule has 3 aromatic rings. The van der Waals surface area contributed by atoms with E-state index in [-0.39, 0.29) is 18.6 Å². The number of benzene rings is 3. The molecule has 2 amide bonds. The molecule has 0 atom stereocenters. The topological polar surface area (TPSA) is 119 Å². The molecule has 0 spiro atoms. The highest BCUT2D eigenvalue weighted by atomic mass is 32.2. The van der Waals surface area contributed by atoms with Gasteiger partial charge in [-0.05, 0) is 58.8 Å². The lowest BCUT2D eigenvalue weighted by molar-refractivity contribution is -0.135. The lowest BCUT2D eigenvalue weighted by Gasteiger charge is -2.15. The maximum atomic E-state index is 13.8. The van der Waals surface area contributed by atoms with Crippen LogP contribution in [-0.2, 0) is 22.6 Å². The molecule has 0 aliphatic rings. The quantitative estimate of drug-likeness (QED) is 0.365. The van der Waals surface area contributed by atoms with Gasteiger partial charge in [0.15, 0.2) is 11.6 Å². The first-order valence-electron chi connectivity index (χ1n) is 10.3. The number of hydrogen-bond acceptors (Lipinski definition) is 5. The Labute approximate surface area is 204 Å². The van der Waals surface area contributed by atoms with Crippen LogP contribution < -0.4 is 15.8 Å². The normalized spacial score (nSPS) is 10.6. The van der Waals surface area contributed by atoms with Crippen LogP contribution in [0.15, 0.2) is 59.5 Å². The molecule has 0 fully saturated rings. The summed E-state index contributed by atoms with van der Waals surface area (Å²) in [4.78, 5) is 35.4. The number of carbonyl (C=O) groups excluding carboxylic acids is 2. The molecular formula is C25H22F2N2O5S. The van der Waals surface area contributed by atoms with Gasteiger partial charge in [0.1, 0.15) is 18.9 Å². The van der Waals surface area contributed by atoms with E-state index < -0.39 is 36.0 Å². The Bertz CT molecular complexity index is 1270. The minimum atomic E-state index is -1.20. The van der Waals surface area contributed by atoms with Gasteiger partial charge in [-0.2, -0.15) is 0 Å². The van der Waals surface area contributed by atoms with Gasteiger partial charge < -0.3 is 20.9 Å². The van der Waals surface area contributed by atoms with Crippen molar-refractivity contribution in [2.75, 3.05) is 12.8 Å². The van der Waals surface area contributed by atoms with Crippen LogP contribution in [-0.4, -0.2) is 35.7 Å². The van der Waals surface area contributed by atoms with Gasteiger partial charge in [-0.15, -0.1) is 11.8 Å². The molecule has 0 saturated heterocycles. The number of nitrogens with one attached hydrogen (secondary N) is 1. The maximum absolute atomic E-state index is 13.8. The van der Waals surface area contributed by atoms with E-state index in [1.165, 1.54) is 17.8 Å². The van der Waals surface area contributed by atoms with Gasteiger partial charge >= 0.3 is 5.97 Å². The van der Waals surface area contributed by atoms with E-state index in [1.54, 1.807) is 42.7 Å². The third-order valence-electron chi connectivity index (χ3n) is 5.07. The smallest absolute Gasteiger partial charge is 0.322 e. The van der Waals surface area contributed by atoms with Crippen LogP contribution in [0, 0.1) is 11.6 Å². The Kier molecular flexibility index (Phi) is 8.43. The summed E-state index contributed by atoms with van der Waals surface area (Å²) in [7, 11) is 0. The fraction of sp³-hybridized carbons (Fsp3) is 0.160. The fourth-order valence-corrected chi connectivity index (χ4v) is 4.05. The van der Waals surface area contributed by atoms with E-state index in [9.17, 15) is 23.2 Å². The van der Waals surface area contributed by atoms with E-state index in [2.05, 4.69) is 5.32 Å². The van der Waals surface area contributed by atoms with Crippen LogP contribution >= 0.6 is 11.8 Å². The van der Waals surface area contributed by atoms with Gasteiger partial charge in [0.2, 0.25) is 5.91 Å². The number of halogens is 2. The van der Waals surface area contributed by atoms with Crippen molar-refractivity contribution in [3.63, 3.8) is 0 Å². The Morgan fingerprint density at radius 2 is 1.74 bits per heavy atom. The summed E-state index contributed by atoms with van der Waals surface area (Å²) in [6, 6.07) is 13.8. The number of carboxylic acids is 1. The number of carbonyl (C=O) groups is 3. The van der Waals surface area contributed by atoms with Crippen molar-refractivity contribution in [1.29, 1.82) is 0 Å². The maximum Gasteiger partial charge on any atom is 0.322 e. The molecule has 0 aliphatic carbocycles. The average Bonchev–Trinajstić information content (AvgIpc) is 2.83. The molecule has 0 unspecified atom stereocenters. The van der Waals surface area contributed by atoms with Crippen molar-refractivity contribution in [3.05, 3.63) is 82.9 Å². The molecule has 0 radical (unpaired) electrons. The first-order valence-corrected chi connectivity index (χ1v) is 11.6. The SMILES string of the molecule is CSc1cc(F)c(F)cc1-c1ccc(OCc2cccc(C(=O)NCC(=O)O)c2CC(N)=O)cc1. The molecule has 3 aromatic carbocycles. The molecule has 3 rings (SSSR count). The predicted octanol–water partition coefficient (Wildman–Crippen LogP) is 3.77. The Balaban J connectivity index is 1.81. The van der Waals surface area contributed by atoms with Crippen molar-refractivity contribution in [3.8, 4) is 16.9 Å². The molecule has 0 saturated carbocycles. The summed E-state index contributed by atoms with van der Waals surface area (Å²) in [5.41, 5.74) is 7.57. The van der Waals surface area contributed by atoms with E-state index in [0.717, 1.165) is 12.1 Å². The van der Waals surface area contributed by atoms with Gasteiger partial charge in [-0.1, -0.05) is 24.3 Å². The molecule has 4 N–H and O–H groups in total. The molecule has 0 aliphatic heterocycles. The van der Waals surface area contributed by atoms with Crippen molar-refractivity contribution >= 4 is 29.5 Å². The Hall–Kier alpha value is -3.92. The highest BCUT2D eigenvalue weighted by Gasteiger charge is 2.18. The zero-order valence-corrected chi connectivity index (χ0v) is 19.5. The van der Waals surface area contributed by atoms with E-state index >= 15 is 0 Å². The molecule has 0 bridgehead atoms. The molecule has 0 aromatic heterocycles. The summed E-state index contributed by atoms with van der Waals surface area (Å²) >= 11 is 1.30. The largest absolute Gasteiger partial charge is 0.489 e. The van der Waals surface area contributed by atoms with Crippen LogP contribution in [0.2, 0.25) is 0 Å². The lowest BCUT2D eigenvalue weighted by atomic mass is 9.97. The van der Waals surface area contributed by atoms with E-state index in [4.69, 9.17) is 15.6 Å². The molecule has 182 valence electrons. The van der Waals surface area contributed by atoms with Crippen LogP contribution in [0.1, 0.15) is 21.5 Å². The third-order valence-corrected chi connectivity index (χ3v) is 5.85. The number of rotatable bonds is 10. The molecule has 0 heterocycles. The van der Waals surface area contributed by atoms with Gasteiger partial charge in [0.25, 0.3) is 5.91 Å². The van der Waals surface area contributed by atoms with E-state index in [0.29, 0.717) is 32.9 Å². The number of amides is 2. The van der Waals surface area contributed by atoms with Crippen molar-refractivity contribution in [2.24, 2.45) is 5.73 Å². The number of aliphatic carboxylic acids is 1. The number of primary amides is 1. The average molecular weight is 501 g/mol. The summed E-state index contributed by atoms with van der Waals surface area (Å²) < 4.78 is 33.2. The first-order chi connectivity index (χ1) is 16.7. The minimum Gasteiger partial charge on any atom is -0.489 e. The fourth-order valence-electron chi connectivity index (χ4n) is 3.43. The molecule has 7 nitrogen and oxygen atoms in total. The van der Waals surface area contributed by atoms with E-state index in [1.807, 2.05) is 0 Å². The molecular weight excluding hydrogens is 478 g/mol. The molecule has 10 heteroatoms. The van der Waals surface area contributed by atoms with Crippen LogP contribution in [0.5, 0.6) is 5.75 Å². The number of thioether (sulfide) groups is 1. The summed E-state index contributed by atoms with van der Waals surface area (Å²) in [6.45, 7) is -0.568. The van der Waals surface area contributed by atoms with Gasteiger partial charge in [-0.25, -0.2) is 8.78 Å². The van der Waals surface area contributed by atoms with Crippen molar-refractivity contribution in [1.82, 2.24) is 5.32 Å². The Morgan fingerprint density at radius 3 is 2.37 bits per heavy atom. The monoisotopic (exact) mass is 500 g/mol. The third kappa shape index (κ3) is 6.57. The van der Waals surface area contributed by atoms with Crippen molar-refractivity contribution < 1.29 is 33.0 Å². The Morgan fingerprint density at radius 1 is 1.06 bits per heavy atom. The second-order valence-corrected chi connectivity index (χ2v) is 8.29. The van der Waals surface area contributed by atoms with Gasteiger partial charge in [0, 0.05) is 10.5 Å². The second kappa shape index (κ2) is 11.5. The lowest BCUT2D eigenvalue weighted by Crippen LogP contribution is -2.31. The standard InChI is InChI=1S/C25H22F2N2O5S/c1-35-22-11-21(27)20(26)9-19(22)14-5-7-16(8-6-14)34-13-15-3-2-4-17(18(15)10-23(28)30)25(33)29-12-24(31)32/h2-9,11H,10,12-13H2,1H3,(H2,28,30)(H,29,33)(H,31,32).